The van der Waals surface area contributed by atoms with Crippen molar-refractivity contribution in [3.05, 3.63) is 81.6 Å². The van der Waals surface area contributed by atoms with Crippen molar-refractivity contribution in [2.24, 2.45) is 0 Å². The Morgan fingerprint density at radius 1 is 1.14 bits per heavy atom. The van der Waals surface area contributed by atoms with Gasteiger partial charge in [0.1, 0.15) is 4.21 Å². The Bertz CT molecular complexity index is 1320. The molecule has 0 spiro atoms. The van der Waals surface area contributed by atoms with Crippen molar-refractivity contribution < 1.29 is 26.7 Å². The molecule has 1 aliphatic rings. The standard InChI is InChI=1S/C23H24F3N3O4S2/c1-22(31,23(24,25)26)17-4-6-18(7-5-17)29-11-10-28(35(32,33)21-3-2-12-34-21)15-19(29)13-16-8-9-27-20(30)14-16/h2-9,12,14,19,31H,10-11,13,15H2,1H3,(H,27,30)/t19-,22?/m1/s1. The van der Waals surface area contributed by atoms with Crippen LogP contribution in [0.25, 0.3) is 0 Å². The maximum absolute atomic E-state index is 13.2. The highest BCUT2D eigenvalue weighted by atomic mass is 32.2. The van der Waals surface area contributed by atoms with Gasteiger partial charge in [-0.2, -0.15) is 17.5 Å². The van der Waals surface area contributed by atoms with E-state index in [1.54, 1.807) is 23.6 Å². The van der Waals surface area contributed by atoms with Crippen molar-refractivity contribution in [2.45, 2.75) is 35.4 Å². The van der Waals surface area contributed by atoms with Gasteiger partial charge in [-0.3, -0.25) is 4.79 Å². The first-order valence-corrected chi connectivity index (χ1v) is 13.1. The van der Waals surface area contributed by atoms with Gasteiger partial charge in [-0.1, -0.05) is 18.2 Å². The first kappa shape index (κ1) is 25.4. The summed E-state index contributed by atoms with van der Waals surface area (Å²) in [4.78, 5) is 16.3. The second kappa shape index (κ2) is 9.41. The van der Waals surface area contributed by atoms with Gasteiger partial charge in [0, 0.05) is 43.6 Å². The van der Waals surface area contributed by atoms with Gasteiger partial charge in [-0.15, -0.1) is 11.3 Å². The quantitative estimate of drug-likeness (QED) is 0.513. The van der Waals surface area contributed by atoms with Crippen molar-refractivity contribution in [2.75, 3.05) is 24.5 Å². The smallest absolute Gasteiger partial charge is 0.376 e. The van der Waals surface area contributed by atoms with E-state index in [1.807, 2.05) is 4.90 Å². The number of hydrogen-bond donors (Lipinski definition) is 2. The van der Waals surface area contributed by atoms with Crippen LogP contribution >= 0.6 is 11.3 Å². The van der Waals surface area contributed by atoms with Crippen molar-refractivity contribution in [3.63, 3.8) is 0 Å². The van der Waals surface area contributed by atoms with Crippen LogP contribution in [0.5, 0.6) is 0 Å². The molecule has 1 fully saturated rings. The van der Waals surface area contributed by atoms with E-state index in [0.29, 0.717) is 31.1 Å². The van der Waals surface area contributed by atoms with E-state index < -0.39 is 21.8 Å². The van der Waals surface area contributed by atoms with E-state index in [4.69, 9.17) is 0 Å². The molecule has 1 aliphatic heterocycles. The normalized spacial score (nSPS) is 19.5. The lowest BCUT2D eigenvalue weighted by molar-refractivity contribution is -0.258. The summed E-state index contributed by atoms with van der Waals surface area (Å²) in [5.41, 5.74) is -2.28. The number of benzene rings is 1. The number of sulfonamides is 1. The fourth-order valence-corrected chi connectivity index (χ4v) is 6.74. The van der Waals surface area contributed by atoms with Crippen LogP contribution in [-0.2, 0) is 22.0 Å². The highest BCUT2D eigenvalue weighted by molar-refractivity contribution is 7.91. The van der Waals surface area contributed by atoms with Crippen LogP contribution in [0.15, 0.2) is 69.1 Å². The Balaban J connectivity index is 1.64. The topological polar surface area (TPSA) is 93.7 Å². The Labute approximate surface area is 204 Å². The van der Waals surface area contributed by atoms with E-state index in [0.717, 1.165) is 11.3 Å². The second-order valence-corrected chi connectivity index (χ2v) is 11.6. The molecule has 0 saturated carbocycles. The molecule has 2 aromatic heterocycles. The number of H-pyrrole nitrogens is 1. The molecule has 3 heterocycles. The van der Waals surface area contributed by atoms with Gasteiger partial charge in [-0.25, -0.2) is 8.42 Å². The fraction of sp³-hybridized carbons (Fsp3) is 0.348. The Kier molecular flexibility index (Phi) is 6.84. The number of aliphatic hydroxyl groups is 1. The van der Waals surface area contributed by atoms with Crippen molar-refractivity contribution in [3.8, 4) is 0 Å². The largest absolute Gasteiger partial charge is 0.421 e. The summed E-state index contributed by atoms with van der Waals surface area (Å²) < 4.78 is 67.6. The third kappa shape index (κ3) is 5.15. The maximum atomic E-state index is 13.2. The first-order valence-electron chi connectivity index (χ1n) is 10.8. The lowest BCUT2D eigenvalue weighted by Crippen LogP contribution is -2.55. The molecule has 1 aromatic carbocycles. The highest BCUT2D eigenvalue weighted by Gasteiger charge is 2.51. The molecule has 7 nitrogen and oxygen atoms in total. The molecule has 1 unspecified atom stereocenters. The number of anilines is 1. The van der Waals surface area contributed by atoms with Gasteiger partial charge in [0.15, 0.2) is 5.60 Å². The van der Waals surface area contributed by atoms with E-state index in [9.17, 15) is 31.5 Å². The van der Waals surface area contributed by atoms with E-state index >= 15 is 0 Å². The van der Waals surface area contributed by atoms with Crippen LogP contribution in [0.4, 0.5) is 18.9 Å². The molecule has 2 atom stereocenters. The third-order valence-corrected chi connectivity index (χ3v) is 9.40. The summed E-state index contributed by atoms with van der Waals surface area (Å²) in [6.45, 7) is 1.32. The number of aromatic nitrogens is 1. The summed E-state index contributed by atoms with van der Waals surface area (Å²) in [6, 6.07) is 11.4. The van der Waals surface area contributed by atoms with E-state index in [1.165, 1.54) is 40.8 Å². The zero-order valence-electron chi connectivity index (χ0n) is 18.7. The number of thiophene rings is 1. The van der Waals surface area contributed by atoms with Crippen molar-refractivity contribution in [1.82, 2.24) is 9.29 Å². The average Bonchev–Trinajstić information content (AvgIpc) is 3.34. The summed E-state index contributed by atoms with van der Waals surface area (Å²) in [5.74, 6) is 0. The molecule has 0 radical (unpaired) electrons. The third-order valence-electron chi connectivity index (χ3n) is 6.16. The minimum absolute atomic E-state index is 0.134. The second-order valence-electron chi connectivity index (χ2n) is 8.52. The fourth-order valence-electron chi connectivity index (χ4n) is 4.13. The van der Waals surface area contributed by atoms with Crippen LogP contribution in [0.1, 0.15) is 18.1 Å². The summed E-state index contributed by atoms with van der Waals surface area (Å²) >= 11 is 1.13. The lowest BCUT2D eigenvalue weighted by atomic mass is 9.94. The highest BCUT2D eigenvalue weighted by Crippen LogP contribution is 2.39. The molecular weight excluding hydrogens is 503 g/mol. The van der Waals surface area contributed by atoms with E-state index in [-0.39, 0.29) is 34.5 Å². The summed E-state index contributed by atoms with van der Waals surface area (Å²) in [6.07, 6.45) is -2.97. The van der Waals surface area contributed by atoms with Crippen LogP contribution in [0, 0.1) is 0 Å². The summed E-state index contributed by atoms with van der Waals surface area (Å²) in [7, 11) is -3.70. The number of alkyl halides is 3. The number of piperazine rings is 1. The van der Waals surface area contributed by atoms with Gasteiger partial charge in [-0.05, 0) is 54.1 Å². The van der Waals surface area contributed by atoms with Gasteiger partial charge in [0.2, 0.25) is 5.56 Å². The molecule has 4 rings (SSSR count). The maximum Gasteiger partial charge on any atom is 0.421 e. The average molecular weight is 528 g/mol. The minimum Gasteiger partial charge on any atom is -0.376 e. The lowest BCUT2D eigenvalue weighted by Gasteiger charge is -2.42. The number of rotatable bonds is 6. The molecule has 3 aromatic rings. The predicted octanol–water partition coefficient (Wildman–Crippen LogP) is 3.33. The monoisotopic (exact) mass is 527 g/mol. The molecular formula is C23H24F3N3O4S2. The molecule has 188 valence electrons. The molecule has 2 N–H and O–H groups in total. The Morgan fingerprint density at radius 2 is 1.86 bits per heavy atom. The zero-order valence-corrected chi connectivity index (χ0v) is 20.3. The SMILES string of the molecule is CC(O)(c1ccc(N2CCN(S(=O)(=O)c3cccs3)C[C@H]2Cc2cc[nH]c(=O)c2)cc1)C(F)(F)F. The molecule has 1 saturated heterocycles. The first-order chi connectivity index (χ1) is 16.4. The minimum atomic E-state index is -4.83. The predicted molar refractivity (Wildman–Crippen MR) is 127 cm³/mol. The van der Waals surface area contributed by atoms with Crippen LogP contribution in [0.3, 0.4) is 0 Å². The molecule has 12 heteroatoms. The number of pyridine rings is 1. The number of halogens is 3. The van der Waals surface area contributed by atoms with Crippen molar-refractivity contribution in [1.29, 1.82) is 0 Å². The van der Waals surface area contributed by atoms with Gasteiger partial charge < -0.3 is 15.0 Å². The van der Waals surface area contributed by atoms with Gasteiger partial charge >= 0.3 is 6.18 Å². The molecule has 0 aliphatic carbocycles. The molecule has 0 bridgehead atoms. The number of aromatic amines is 1. The van der Waals surface area contributed by atoms with Gasteiger partial charge in [0.05, 0.1) is 0 Å². The molecule has 35 heavy (non-hydrogen) atoms. The Morgan fingerprint density at radius 3 is 2.46 bits per heavy atom. The van der Waals surface area contributed by atoms with Crippen molar-refractivity contribution >= 4 is 27.0 Å². The number of nitrogens with zero attached hydrogens (tertiary/aromatic N) is 2. The van der Waals surface area contributed by atoms with Crippen LogP contribution in [0.2, 0.25) is 0 Å². The van der Waals surface area contributed by atoms with Crippen LogP contribution in [-0.4, -0.2) is 54.7 Å². The number of hydrogen-bond acceptors (Lipinski definition) is 6. The summed E-state index contributed by atoms with van der Waals surface area (Å²) in [5, 5.41) is 11.7. The zero-order chi connectivity index (χ0) is 25.4. The Hall–Kier alpha value is -2.67. The molecule has 0 amide bonds. The van der Waals surface area contributed by atoms with Crippen LogP contribution < -0.4 is 10.5 Å². The number of nitrogens with one attached hydrogen (secondary N) is 1. The van der Waals surface area contributed by atoms with E-state index in [2.05, 4.69) is 4.98 Å². The van der Waals surface area contributed by atoms with Gasteiger partial charge in [0.25, 0.3) is 10.0 Å².